The Morgan fingerprint density at radius 2 is 1.71 bits per heavy atom. The van der Waals surface area contributed by atoms with Gasteiger partial charge < -0.3 is 20.7 Å². The lowest BCUT2D eigenvalue weighted by molar-refractivity contribution is 0.417. The van der Waals surface area contributed by atoms with Gasteiger partial charge in [0.25, 0.3) is 0 Å². The van der Waals surface area contributed by atoms with Crippen LogP contribution in [0.15, 0.2) is 12.1 Å². The van der Waals surface area contributed by atoms with Gasteiger partial charge in [0.05, 0.1) is 12.8 Å². The van der Waals surface area contributed by atoms with Crippen LogP contribution in [0.4, 0.5) is 17.1 Å². The minimum atomic E-state index is 0.823. The third-order valence-corrected chi connectivity index (χ3v) is 2.13. The van der Waals surface area contributed by atoms with Gasteiger partial charge in [-0.1, -0.05) is 0 Å². The maximum Gasteiger partial charge on any atom is 0.146 e. The molecule has 0 saturated carbocycles. The normalized spacial score (nSPS) is 9.43. The maximum atomic E-state index is 5.28. The van der Waals surface area contributed by atoms with Gasteiger partial charge >= 0.3 is 0 Å². The van der Waals surface area contributed by atoms with Gasteiger partial charge in [0.2, 0.25) is 0 Å². The molecule has 78 valence electrons. The monoisotopic (exact) mass is 195 g/mol. The van der Waals surface area contributed by atoms with Crippen molar-refractivity contribution in [3.8, 4) is 5.75 Å². The Kier molecular flexibility index (Phi) is 3.45. The fourth-order valence-electron chi connectivity index (χ4n) is 1.38. The summed E-state index contributed by atoms with van der Waals surface area (Å²) in [5.74, 6) is 0.823. The van der Waals surface area contributed by atoms with E-state index in [1.165, 1.54) is 0 Å². The molecule has 0 aliphatic heterocycles. The third kappa shape index (κ3) is 1.84. The molecule has 0 atom stereocenters. The molecule has 0 aliphatic carbocycles. The molecular formula is C10H17N3O. The van der Waals surface area contributed by atoms with E-state index in [0.29, 0.717) is 0 Å². The molecule has 14 heavy (non-hydrogen) atoms. The number of hydrogen-bond donors (Lipinski definition) is 3. The van der Waals surface area contributed by atoms with E-state index in [9.17, 15) is 0 Å². The van der Waals surface area contributed by atoms with Crippen LogP contribution in [0.25, 0.3) is 0 Å². The van der Waals surface area contributed by atoms with E-state index in [1.54, 1.807) is 7.11 Å². The van der Waals surface area contributed by atoms with E-state index in [1.807, 2.05) is 33.3 Å². The molecule has 0 saturated heterocycles. The Morgan fingerprint density at radius 1 is 1.00 bits per heavy atom. The van der Waals surface area contributed by atoms with Crippen molar-refractivity contribution in [1.29, 1.82) is 0 Å². The molecule has 0 unspecified atom stereocenters. The molecule has 1 aromatic carbocycles. The van der Waals surface area contributed by atoms with Crippen molar-refractivity contribution in [2.75, 3.05) is 44.2 Å². The second-order valence-corrected chi connectivity index (χ2v) is 2.85. The van der Waals surface area contributed by atoms with Gasteiger partial charge in [-0.2, -0.15) is 0 Å². The summed E-state index contributed by atoms with van der Waals surface area (Å²) in [5.41, 5.74) is 3.00. The number of anilines is 3. The highest BCUT2D eigenvalue weighted by molar-refractivity contribution is 5.80. The number of nitrogens with one attached hydrogen (secondary N) is 3. The summed E-state index contributed by atoms with van der Waals surface area (Å²) in [6.45, 7) is 0. The molecule has 0 heterocycles. The van der Waals surface area contributed by atoms with E-state index in [2.05, 4.69) is 16.0 Å². The van der Waals surface area contributed by atoms with Crippen LogP contribution < -0.4 is 20.7 Å². The lowest BCUT2D eigenvalue weighted by atomic mass is 10.2. The molecule has 0 amide bonds. The number of ether oxygens (including phenoxy) is 1. The number of rotatable bonds is 4. The zero-order chi connectivity index (χ0) is 10.6. The topological polar surface area (TPSA) is 45.3 Å². The van der Waals surface area contributed by atoms with Crippen LogP contribution >= 0.6 is 0 Å². The van der Waals surface area contributed by atoms with Crippen molar-refractivity contribution in [3.63, 3.8) is 0 Å². The largest absolute Gasteiger partial charge is 0.494 e. The number of benzene rings is 1. The van der Waals surface area contributed by atoms with Crippen LogP contribution in [0.1, 0.15) is 0 Å². The molecule has 0 fully saturated rings. The van der Waals surface area contributed by atoms with Crippen LogP contribution in [-0.4, -0.2) is 28.3 Å². The molecule has 0 spiro atoms. The van der Waals surface area contributed by atoms with Crippen LogP contribution in [0.3, 0.4) is 0 Å². The fraction of sp³-hybridized carbons (Fsp3) is 0.400. The van der Waals surface area contributed by atoms with Gasteiger partial charge in [-0.3, -0.25) is 0 Å². The predicted octanol–water partition coefficient (Wildman–Crippen LogP) is 1.82. The molecule has 0 bridgehead atoms. The van der Waals surface area contributed by atoms with Crippen molar-refractivity contribution in [2.45, 2.75) is 0 Å². The minimum absolute atomic E-state index is 0.823. The number of hydrogen-bond acceptors (Lipinski definition) is 4. The second-order valence-electron chi connectivity index (χ2n) is 2.85. The van der Waals surface area contributed by atoms with Gasteiger partial charge in [-0.25, -0.2) is 0 Å². The quantitative estimate of drug-likeness (QED) is 0.685. The summed E-state index contributed by atoms with van der Waals surface area (Å²) in [4.78, 5) is 0. The molecule has 4 heteroatoms. The fourth-order valence-corrected chi connectivity index (χ4v) is 1.38. The Balaban J connectivity index is 3.24. The van der Waals surface area contributed by atoms with Gasteiger partial charge in [0.15, 0.2) is 0 Å². The Hall–Kier alpha value is -1.58. The first-order valence-corrected chi connectivity index (χ1v) is 4.52. The van der Waals surface area contributed by atoms with Crippen LogP contribution in [0.5, 0.6) is 5.75 Å². The zero-order valence-electron chi connectivity index (χ0n) is 9.06. The number of methoxy groups -OCH3 is 1. The van der Waals surface area contributed by atoms with Crippen LogP contribution in [0.2, 0.25) is 0 Å². The first-order valence-electron chi connectivity index (χ1n) is 4.52. The predicted molar refractivity (Wildman–Crippen MR) is 61.6 cm³/mol. The third-order valence-electron chi connectivity index (χ3n) is 2.13. The summed E-state index contributed by atoms with van der Waals surface area (Å²) in [6.07, 6.45) is 0. The van der Waals surface area contributed by atoms with Gasteiger partial charge in [-0.05, 0) is 6.07 Å². The van der Waals surface area contributed by atoms with Crippen molar-refractivity contribution in [3.05, 3.63) is 12.1 Å². The summed E-state index contributed by atoms with van der Waals surface area (Å²) < 4.78 is 5.28. The average Bonchev–Trinajstić information content (AvgIpc) is 2.26. The molecule has 3 N–H and O–H groups in total. The van der Waals surface area contributed by atoms with E-state index in [0.717, 1.165) is 22.8 Å². The summed E-state index contributed by atoms with van der Waals surface area (Å²) in [7, 11) is 7.30. The summed E-state index contributed by atoms with van der Waals surface area (Å²) >= 11 is 0. The van der Waals surface area contributed by atoms with Crippen LogP contribution in [0, 0.1) is 0 Å². The second kappa shape index (κ2) is 4.60. The Bertz CT molecular complexity index is 287. The highest BCUT2D eigenvalue weighted by Gasteiger charge is 2.08. The van der Waals surface area contributed by atoms with Crippen molar-refractivity contribution >= 4 is 17.1 Å². The zero-order valence-corrected chi connectivity index (χ0v) is 9.06. The van der Waals surface area contributed by atoms with E-state index < -0.39 is 0 Å². The standard InChI is InChI=1S/C10H17N3O/c1-11-7-5-8(12-2)10(13-3)9(6-7)14-4/h5-6,11-13H,1-4H3. The minimum Gasteiger partial charge on any atom is -0.494 e. The molecule has 1 rings (SSSR count). The summed E-state index contributed by atoms with van der Waals surface area (Å²) in [6, 6.07) is 3.97. The SMILES string of the molecule is CNc1cc(NC)c(NC)c(OC)c1. The maximum absolute atomic E-state index is 5.28. The smallest absolute Gasteiger partial charge is 0.146 e. The lowest BCUT2D eigenvalue weighted by Gasteiger charge is -2.15. The van der Waals surface area contributed by atoms with Crippen molar-refractivity contribution < 1.29 is 4.74 Å². The average molecular weight is 195 g/mol. The molecule has 1 aromatic rings. The molecule has 0 radical (unpaired) electrons. The summed E-state index contributed by atoms with van der Waals surface area (Å²) in [5, 5.41) is 9.30. The van der Waals surface area contributed by atoms with E-state index in [4.69, 9.17) is 4.74 Å². The van der Waals surface area contributed by atoms with Crippen LogP contribution in [-0.2, 0) is 0 Å². The molecular weight excluding hydrogens is 178 g/mol. The molecule has 0 aliphatic rings. The Labute approximate surface area is 84.7 Å². The van der Waals surface area contributed by atoms with E-state index >= 15 is 0 Å². The highest BCUT2D eigenvalue weighted by Crippen LogP contribution is 2.35. The first-order chi connectivity index (χ1) is 6.76. The van der Waals surface area contributed by atoms with Gasteiger partial charge in [0, 0.05) is 32.9 Å². The lowest BCUT2D eigenvalue weighted by Crippen LogP contribution is -2.01. The van der Waals surface area contributed by atoms with E-state index in [-0.39, 0.29) is 0 Å². The van der Waals surface area contributed by atoms with Crippen molar-refractivity contribution in [2.24, 2.45) is 0 Å². The molecule has 0 aromatic heterocycles. The highest BCUT2D eigenvalue weighted by atomic mass is 16.5. The van der Waals surface area contributed by atoms with Gasteiger partial charge in [-0.15, -0.1) is 0 Å². The Morgan fingerprint density at radius 3 is 2.14 bits per heavy atom. The first kappa shape index (κ1) is 10.5. The van der Waals surface area contributed by atoms with Crippen molar-refractivity contribution in [1.82, 2.24) is 0 Å². The van der Waals surface area contributed by atoms with Gasteiger partial charge in [0.1, 0.15) is 11.4 Å². The molecule has 4 nitrogen and oxygen atoms in total.